The van der Waals surface area contributed by atoms with Crippen LogP contribution in [0, 0.1) is 12.7 Å². The highest BCUT2D eigenvalue weighted by Gasteiger charge is 2.20. The van der Waals surface area contributed by atoms with Crippen molar-refractivity contribution in [3.8, 4) is 0 Å². The molecule has 132 valence electrons. The Balaban J connectivity index is 1.63. The summed E-state index contributed by atoms with van der Waals surface area (Å²) in [6.07, 6.45) is 4.51. The minimum Gasteiger partial charge on any atom is -0.369 e. The number of aryl methyl sites for hydroxylation is 1. The Morgan fingerprint density at radius 2 is 2.08 bits per heavy atom. The Morgan fingerprint density at radius 3 is 2.84 bits per heavy atom. The number of halogens is 2. The number of hydrogen-bond acceptors (Lipinski definition) is 3. The van der Waals surface area contributed by atoms with Crippen LogP contribution in [0.25, 0.3) is 0 Å². The van der Waals surface area contributed by atoms with Gasteiger partial charge in [-0.15, -0.1) is 0 Å². The van der Waals surface area contributed by atoms with Crippen LogP contribution in [0.4, 0.5) is 20.6 Å². The number of pyridine rings is 1. The highest BCUT2D eigenvalue weighted by molar-refractivity contribution is 6.31. The molecule has 1 aromatic carbocycles. The lowest BCUT2D eigenvalue weighted by molar-refractivity contribution is 0.215. The Bertz CT molecular complexity index is 770. The van der Waals surface area contributed by atoms with Crippen LogP contribution in [0.1, 0.15) is 12.0 Å². The largest absolute Gasteiger partial charge is 0.369 e. The molecule has 1 aliphatic heterocycles. The molecule has 5 nitrogen and oxygen atoms in total. The van der Waals surface area contributed by atoms with Crippen molar-refractivity contribution < 1.29 is 9.18 Å². The van der Waals surface area contributed by atoms with Gasteiger partial charge in [0.1, 0.15) is 5.82 Å². The lowest BCUT2D eigenvalue weighted by Gasteiger charge is -2.25. The van der Waals surface area contributed by atoms with Crippen LogP contribution in [-0.4, -0.2) is 42.1 Å². The summed E-state index contributed by atoms with van der Waals surface area (Å²) in [5.74, 6) is -0.502. The number of carbonyl (C=O) groups is 1. The Morgan fingerprint density at radius 1 is 1.24 bits per heavy atom. The van der Waals surface area contributed by atoms with E-state index in [1.165, 1.54) is 18.2 Å². The molecule has 0 aliphatic carbocycles. The van der Waals surface area contributed by atoms with Gasteiger partial charge in [0.2, 0.25) is 0 Å². The van der Waals surface area contributed by atoms with Gasteiger partial charge in [-0.05, 0) is 43.2 Å². The minimum atomic E-state index is -0.502. The summed E-state index contributed by atoms with van der Waals surface area (Å²) in [6, 6.07) is 5.97. The van der Waals surface area contributed by atoms with E-state index < -0.39 is 5.82 Å². The van der Waals surface area contributed by atoms with Gasteiger partial charge < -0.3 is 15.1 Å². The Kier molecular flexibility index (Phi) is 5.38. The van der Waals surface area contributed by atoms with E-state index in [9.17, 15) is 9.18 Å². The first-order valence-electron chi connectivity index (χ1n) is 8.21. The van der Waals surface area contributed by atoms with Crippen molar-refractivity contribution in [3.63, 3.8) is 0 Å². The van der Waals surface area contributed by atoms with Crippen LogP contribution in [0.2, 0.25) is 5.02 Å². The molecule has 2 aromatic rings. The van der Waals surface area contributed by atoms with Gasteiger partial charge in [-0.2, -0.15) is 0 Å². The van der Waals surface area contributed by atoms with Crippen LogP contribution >= 0.6 is 11.6 Å². The van der Waals surface area contributed by atoms with E-state index in [0.29, 0.717) is 18.8 Å². The van der Waals surface area contributed by atoms with E-state index in [1.54, 1.807) is 11.1 Å². The van der Waals surface area contributed by atoms with Crippen LogP contribution in [-0.2, 0) is 0 Å². The Labute approximate surface area is 151 Å². The Hall–Kier alpha value is -2.34. The molecule has 0 spiro atoms. The van der Waals surface area contributed by atoms with Gasteiger partial charge in [0, 0.05) is 49.9 Å². The first kappa shape index (κ1) is 17.5. The predicted molar refractivity (Wildman–Crippen MR) is 97.8 cm³/mol. The van der Waals surface area contributed by atoms with Gasteiger partial charge >= 0.3 is 6.03 Å². The summed E-state index contributed by atoms with van der Waals surface area (Å²) in [5.41, 5.74) is 2.77. The van der Waals surface area contributed by atoms with Gasteiger partial charge in [0.15, 0.2) is 0 Å². The molecule has 1 saturated heterocycles. The van der Waals surface area contributed by atoms with Gasteiger partial charge in [0.05, 0.1) is 5.02 Å². The average Bonchev–Trinajstić information content (AvgIpc) is 2.85. The number of amides is 2. The van der Waals surface area contributed by atoms with Gasteiger partial charge in [-0.25, -0.2) is 9.18 Å². The maximum atomic E-state index is 13.2. The van der Waals surface area contributed by atoms with Gasteiger partial charge in [-0.1, -0.05) is 11.6 Å². The van der Waals surface area contributed by atoms with E-state index >= 15 is 0 Å². The third-order valence-corrected chi connectivity index (χ3v) is 4.57. The fourth-order valence-corrected chi connectivity index (χ4v) is 3.14. The number of urea groups is 1. The highest BCUT2D eigenvalue weighted by atomic mass is 35.5. The molecule has 1 N–H and O–H groups in total. The number of benzene rings is 1. The molecule has 2 amide bonds. The van der Waals surface area contributed by atoms with E-state index in [4.69, 9.17) is 11.6 Å². The number of nitrogens with zero attached hydrogens (tertiary/aromatic N) is 3. The van der Waals surface area contributed by atoms with Gasteiger partial charge in [0.25, 0.3) is 0 Å². The molecule has 0 atom stereocenters. The summed E-state index contributed by atoms with van der Waals surface area (Å²) in [6.45, 7) is 4.96. The molecule has 1 fully saturated rings. The summed E-state index contributed by atoms with van der Waals surface area (Å²) in [5, 5.41) is 2.77. The van der Waals surface area contributed by atoms with Crippen molar-refractivity contribution in [1.29, 1.82) is 0 Å². The maximum absolute atomic E-state index is 13.2. The number of nitrogens with one attached hydrogen (secondary N) is 1. The number of rotatable bonds is 2. The third-order valence-electron chi connectivity index (χ3n) is 4.29. The van der Waals surface area contributed by atoms with E-state index in [1.807, 2.05) is 19.2 Å². The van der Waals surface area contributed by atoms with Gasteiger partial charge in [-0.3, -0.25) is 4.98 Å². The molecule has 0 saturated carbocycles. The van der Waals surface area contributed by atoms with Crippen molar-refractivity contribution in [2.45, 2.75) is 13.3 Å². The summed E-state index contributed by atoms with van der Waals surface area (Å²) in [7, 11) is 0. The number of aromatic nitrogens is 1. The van der Waals surface area contributed by atoms with Crippen LogP contribution in [0.3, 0.4) is 0 Å². The molecule has 0 bridgehead atoms. The zero-order valence-electron chi connectivity index (χ0n) is 14.0. The number of carbonyl (C=O) groups excluding carboxylic acids is 1. The number of anilines is 2. The van der Waals surface area contributed by atoms with Crippen LogP contribution < -0.4 is 10.2 Å². The topological polar surface area (TPSA) is 48.5 Å². The van der Waals surface area contributed by atoms with Crippen molar-refractivity contribution in [2.75, 3.05) is 36.4 Å². The van der Waals surface area contributed by atoms with Crippen LogP contribution in [0.5, 0.6) is 0 Å². The van der Waals surface area contributed by atoms with Crippen LogP contribution in [0.15, 0.2) is 36.7 Å². The molecule has 7 heteroatoms. The lowest BCUT2D eigenvalue weighted by atomic mass is 10.2. The summed E-state index contributed by atoms with van der Waals surface area (Å²) in [4.78, 5) is 20.7. The maximum Gasteiger partial charge on any atom is 0.321 e. The molecule has 1 aliphatic rings. The molecule has 25 heavy (non-hydrogen) atoms. The summed E-state index contributed by atoms with van der Waals surface area (Å²) >= 11 is 5.76. The molecule has 3 rings (SSSR count). The molecular formula is C18H20ClFN4O. The minimum absolute atomic E-state index is 0.00648. The lowest BCUT2D eigenvalue weighted by Crippen LogP contribution is -2.38. The quantitative estimate of drug-likeness (QED) is 0.880. The van der Waals surface area contributed by atoms with E-state index in [-0.39, 0.29) is 11.1 Å². The molecule has 0 unspecified atom stereocenters. The van der Waals surface area contributed by atoms with Crippen molar-refractivity contribution in [1.82, 2.24) is 9.88 Å². The molecule has 1 aromatic heterocycles. The van der Waals surface area contributed by atoms with Crippen molar-refractivity contribution in [3.05, 3.63) is 53.1 Å². The van der Waals surface area contributed by atoms with Crippen molar-refractivity contribution in [2.24, 2.45) is 0 Å². The molecule has 0 radical (unpaired) electrons. The molecule has 2 heterocycles. The standard InChI is InChI=1S/C18H20ClFN4O/c1-13-12-21-6-5-17(13)23-7-2-8-24(10-9-23)18(25)22-14-3-4-16(20)15(19)11-14/h3-6,11-12H,2,7-10H2,1H3,(H,22,25). The number of hydrogen-bond donors (Lipinski definition) is 1. The van der Waals surface area contributed by atoms with Crippen molar-refractivity contribution >= 4 is 29.0 Å². The first-order valence-corrected chi connectivity index (χ1v) is 8.59. The monoisotopic (exact) mass is 362 g/mol. The fraction of sp³-hybridized carbons (Fsp3) is 0.333. The van der Waals surface area contributed by atoms with E-state index in [2.05, 4.69) is 15.2 Å². The predicted octanol–water partition coefficient (Wildman–Crippen LogP) is 3.93. The fourth-order valence-electron chi connectivity index (χ4n) is 2.96. The zero-order valence-corrected chi connectivity index (χ0v) is 14.8. The summed E-state index contributed by atoms with van der Waals surface area (Å²) < 4.78 is 13.2. The second kappa shape index (κ2) is 7.70. The second-order valence-electron chi connectivity index (χ2n) is 6.05. The highest BCUT2D eigenvalue weighted by Crippen LogP contribution is 2.21. The average molecular weight is 363 g/mol. The van der Waals surface area contributed by atoms with E-state index in [0.717, 1.165) is 30.8 Å². The zero-order chi connectivity index (χ0) is 17.8. The third kappa shape index (κ3) is 4.20. The second-order valence-corrected chi connectivity index (χ2v) is 6.46. The first-order chi connectivity index (χ1) is 12.0. The SMILES string of the molecule is Cc1cnccc1N1CCCN(C(=O)Nc2ccc(F)c(Cl)c2)CC1. The smallest absolute Gasteiger partial charge is 0.321 e. The normalized spacial score (nSPS) is 15.0. The molecular weight excluding hydrogens is 343 g/mol.